The van der Waals surface area contributed by atoms with Crippen molar-refractivity contribution in [2.45, 2.75) is 6.61 Å². The lowest BCUT2D eigenvalue weighted by atomic mass is 10.1. The number of thioether (sulfide) groups is 1. The molecule has 0 saturated carbocycles. The first-order valence-electron chi connectivity index (χ1n) is 10.5. The molecule has 1 aliphatic rings. The second-order valence-corrected chi connectivity index (χ2v) is 8.35. The standard InChI is InChI=1S/C26H22N2O5S/c1-32-21-13-11-20(12-14-21)27-24(29)16-28-25(30)23(34-26(28)31)15-19-9-5-6-10-22(19)33-17-18-7-3-2-4-8-18/h2-15H,16-17H2,1H3,(H,27,29)/b23-15+. The Hall–Kier alpha value is -4.04. The summed E-state index contributed by atoms with van der Waals surface area (Å²) < 4.78 is 11.0. The van der Waals surface area contributed by atoms with Crippen molar-refractivity contribution in [1.82, 2.24) is 4.90 Å². The van der Waals surface area contributed by atoms with Gasteiger partial charge in [-0.2, -0.15) is 0 Å². The summed E-state index contributed by atoms with van der Waals surface area (Å²) in [6, 6.07) is 23.8. The minimum Gasteiger partial charge on any atom is -0.497 e. The Morgan fingerprint density at radius 1 is 0.971 bits per heavy atom. The largest absolute Gasteiger partial charge is 0.497 e. The molecule has 172 valence electrons. The van der Waals surface area contributed by atoms with Crippen LogP contribution in [0, 0.1) is 0 Å². The molecule has 0 aromatic heterocycles. The summed E-state index contributed by atoms with van der Waals surface area (Å²) in [4.78, 5) is 38.9. The van der Waals surface area contributed by atoms with Crippen molar-refractivity contribution in [2.24, 2.45) is 0 Å². The Labute approximate surface area is 201 Å². The second-order valence-electron chi connectivity index (χ2n) is 7.36. The topological polar surface area (TPSA) is 84.9 Å². The molecule has 8 heteroatoms. The number of carbonyl (C=O) groups excluding carboxylic acids is 3. The lowest BCUT2D eigenvalue weighted by molar-refractivity contribution is -0.127. The van der Waals surface area contributed by atoms with Gasteiger partial charge < -0.3 is 14.8 Å². The smallest absolute Gasteiger partial charge is 0.294 e. The fourth-order valence-corrected chi connectivity index (χ4v) is 4.09. The van der Waals surface area contributed by atoms with Gasteiger partial charge in [-0.25, -0.2) is 0 Å². The quantitative estimate of drug-likeness (QED) is 0.465. The fraction of sp³-hybridized carbons (Fsp3) is 0.115. The number of hydrogen-bond donors (Lipinski definition) is 1. The number of nitrogens with zero attached hydrogens (tertiary/aromatic N) is 1. The van der Waals surface area contributed by atoms with E-state index in [9.17, 15) is 14.4 Å². The van der Waals surface area contributed by atoms with Crippen molar-refractivity contribution < 1.29 is 23.9 Å². The molecular weight excluding hydrogens is 452 g/mol. The van der Waals surface area contributed by atoms with Gasteiger partial charge in [-0.05, 0) is 53.7 Å². The number of hydrogen-bond acceptors (Lipinski definition) is 6. The highest BCUT2D eigenvalue weighted by atomic mass is 32.2. The lowest BCUT2D eigenvalue weighted by Gasteiger charge is -2.13. The van der Waals surface area contributed by atoms with Crippen molar-refractivity contribution in [3.8, 4) is 11.5 Å². The molecule has 34 heavy (non-hydrogen) atoms. The number of methoxy groups -OCH3 is 1. The SMILES string of the molecule is COc1ccc(NC(=O)CN2C(=O)S/C(=C/c3ccccc3OCc3ccccc3)C2=O)cc1. The monoisotopic (exact) mass is 474 g/mol. The van der Waals surface area contributed by atoms with Gasteiger partial charge in [0.25, 0.3) is 11.1 Å². The predicted octanol–water partition coefficient (Wildman–Crippen LogP) is 4.95. The zero-order valence-corrected chi connectivity index (χ0v) is 19.2. The molecule has 1 heterocycles. The molecule has 0 spiro atoms. The van der Waals surface area contributed by atoms with Gasteiger partial charge in [0, 0.05) is 11.3 Å². The summed E-state index contributed by atoms with van der Waals surface area (Å²) in [5, 5.41) is 2.18. The van der Waals surface area contributed by atoms with Gasteiger partial charge in [0.2, 0.25) is 5.91 Å². The minimum atomic E-state index is -0.516. The van der Waals surface area contributed by atoms with Gasteiger partial charge in [0.05, 0.1) is 12.0 Å². The van der Waals surface area contributed by atoms with Crippen LogP contribution in [-0.4, -0.2) is 35.6 Å². The molecule has 0 bridgehead atoms. The van der Waals surface area contributed by atoms with E-state index in [-0.39, 0.29) is 11.4 Å². The summed E-state index contributed by atoms with van der Waals surface area (Å²) in [6.45, 7) is -0.00110. The van der Waals surface area contributed by atoms with Crippen molar-refractivity contribution in [2.75, 3.05) is 19.0 Å². The van der Waals surface area contributed by atoms with Gasteiger partial charge in [0.1, 0.15) is 24.7 Å². The van der Waals surface area contributed by atoms with E-state index in [1.54, 1.807) is 43.5 Å². The molecule has 0 radical (unpaired) electrons. The molecule has 4 rings (SSSR count). The summed E-state index contributed by atoms with van der Waals surface area (Å²) in [7, 11) is 1.55. The van der Waals surface area contributed by atoms with E-state index in [4.69, 9.17) is 9.47 Å². The number of para-hydroxylation sites is 1. The predicted molar refractivity (Wildman–Crippen MR) is 132 cm³/mol. The fourth-order valence-electron chi connectivity index (χ4n) is 3.26. The van der Waals surface area contributed by atoms with Crippen molar-refractivity contribution in [3.05, 3.63) is 94.9 Å². The molecule has 7 nitrogen and oxygen atoms in total. The summed E-state index contributed by atoms with van der Waals surface area (Å²) >= 11 is 0.799. The van der Waals surface area contributed by atoms with Crippen LogP contribution in [0.2, 0.25) is 0 Å². The molecule has 1 aliphatic heterocycles. The third-order valence-corrected chi connectivity index (χ3v) is 5.90. The van der Waals surface area contributed by atoms with Crippen LogP contribution in [-0.2, 0) is 16.2 Å². The molecule has 0 unspecified atom stereocenters. The highest BCUT2D eigenvalue weighted by molar-refractivity contribution is 8.18. The number of benzene rings is 3. The maximum atomic E-state index is 12.9. The number of imide groups is 1. The number of amides is 3. The third kappa shape index (κ3) is 5.65. The Kier molecular flexibility index (Phi) is 7.29. The molecule has 0 aliphatic carbocycles. The molecule has 3 amide bonds. The van der Waals surface area contributed by atoms with Crippen LogP contribution in [0.4, 0.5) is 10.5 Å². The molecule has 3 aromatic rings. The van der Waals surface area contributed by atoms with E-state index in [1.807, 2.05) is 48.5 Å². The van der Waals surface area contributed by atoms with E-state index in [1.165, 1.54) is 0 Å². The highest BCUT2D eigenvalue weighted by Gasteiger charge is 2.36. The molecule has 3 aromatic carbocycles. The Morgan fingerprint density at radius 2 is 1.68 bits per heavy atom. The summed E-state index contributed by atoms with van der Waals surface area (Å²) in [5.74, 6) is 0.260. The lowest BCUT2D eigenvalue weighted by Crippen LogP contribution is -2.36. The molecule has 1 saturated heterocycles. The van der Waals surface area contributed by atoms with Gasteiger partial charge >= 0.3 is 0 Å². The molecule has 1 fully saturated rings. The average Bonchev–Trinajstić information content (AvgIpc) is 3.12. The summed E-state index contributed by atoms with van der Waals surface area (Å²) in [5.41, 5.74) is 2.23. The van der Waals surface area contributed by atoms with Gasteiger partial charge in [0.15, 0.2) is 0 Å². The minimum absolute atomic E-state index is 0.234. The maximum Gasteiger partial charge on any atom is 0.294 e. The average molecular weight is 475 g/mol. The van der Waals surface area contributed by atoms with Crippen molar-refractivity contribution in [3.63, 3.8) is 0 Å². The van der Waals surface area contributed by atoms with Crippen LogP contribution in [0.1, 0.15) is 11.1 Å². The van der Waals surface area contributed by atoms with Crippen molar-refractivity contribution in [1.29, 1.82) is 0 Å². The van der Waals surface area contributed by atoms with E-state index in [2.05, 4.69) is 5.32 Å². The molecular formula is C26H22N2O5S. The van der Waals surface area contributed by atoms with Crippen LogP contribution in [0.15, 0.2) is 83.8 Å². The zero-order valence-electron chi connectivity index (χ0n) is 18.4. The van der Waals surface area contributed by atoms with Gasteiger partial charge in [-0.3, -0.25) is 19.3 Å². The van der Waals surface area contributed by atoms with E-state index < -0.39 is 17.1 Å². The zero-order chi connectivity index (χ0) is 23.9. The molecule has 0 atom stereocenters. The van der Waals surface area contributed by atoms with Crippen LogP contribution in [0.25, 0.3) is 6.08 Å². The first kappa shape index (κ1) is 23.1. The first-order chi connectivity index (χ1) is 16.5. The van der Waals surface area contributed by atoms with Crippen LogP contribution in [0.5, 0.6) is 11.5 Å². The van der Waals surface area contributed by atoms with E-state index in [0.29, 0.717) is 29.4 Å². The van der Waals surface area contributed by atoms with Crippen molar-refractivity contribution >= 4 is 40.6 Å². The van der Waals surface area contributed by atoms with Gasteiger partial charge in [-0.1, -0.05) is 48.5 Å². The number of nitrogens with one attached hydrogen (secondary N) is 1. The second kappa shape index (κ2) is 10.7. The number of anilines is 1. The van der Waals surface area contributed by atoms with E-state index in [0.717, 1.165) is 22.2 Å². The normalized spacial score (nSPS) is 14.4. The Morgan fingerprint density at radius 3 is 2.41 bits per heavy atom. The highest BCUT2D eigenvalue weighted by Crippen LogP contribution is 2.34. The van der Waals surface area contributed by atoms with Crippen LogP contribution >= 0.6 is 11.8 Å². The Balaban J connectivity index is 1.43. The van der Waals surface area contributed by atoms with E-state index >= 15 is 0 Å². The van der Waals surface area contributed by atoms with Crippen LogP contribution < -0.4 is 14.8 Å². The molecule has 1 N–H and O–H groups in total. The number of rotatable bonds is 8. The van der Waals surface area contributed by atoms with Crippen LogP contribution in [0.3, 0.4) is 0 Å². The first-order valence-corrected chi connectivity index (χ1v) is 11.3. The Bertz CT molecular complexity index is 1230. The maximum absolute atomic E-state index is 12.9. The summed E-state index contributed by atoms with van der Waals surface area (Å²) in [6.07, 6.45) is 1.62. The third-order valence-electron chi connectivity index (χ3n) is 4.99. The number of ether oxygens (including phenoxy) is 2. The van der Waals surface area contributed by atoms with Gasteiger partial charge in [-0.15, -0.1) is 0 Å². The number of carbonyl (C=O) groups is 3.